The number of likely N-dealkylation sites (N-methyl/N-ethyl adjacent to an activating group) is 1. The molecule has 1 heterocycles. The van der Waals surface area contributed by atoms with Crippen LogP contribution in [0.15, 0.2) is 36.0 Å². The molecule has 0 unspecified atom stereocenters. The topological polar surface area (TPSA) is 53.4 Å². The molecule has 0 radical (unpaired) electrons. The first-order valence-electron chi connectivity index (χ1n) is 15.3. The van der Waals surface area contributed by atoms with Gasteiger partial charge in [0.15, 0.2) is 0 Å². The van der Waals surface area contributed by atoms with Gasteiger partial charge in [-0.25, -0.2) is 0 Å². The number of rotatable bonds is 8. The molecular weight excluding hydrogens is 456 g/mol. The lowest BCUT2D eigenvalue weighted by Gasteiger charge is -2.58. The van der Waals surface area contributed by atoms with E-state index >= 15 is 0 Å². The second-order valence-electron chi connectivity index (χ2n) is 13.4. The smallest absolute Gasteiger partial charge is 0.222 e. The number of nitrogens with zero attached hydrogens (tertiary/aromatic N) is 2. The van der Waals surface area contributed by atoms with Crippen LogP contribution in [0.3, 0.4) is 0 Å². The molecule has 3 saturated carbocycles. The van der Waals surface area contributed by atoms with E-state index in [0.717, 1.165) is 68.1 Å². The molecule has 1 N–H and O–H groups in total. The largest absolute Gasteiger partial charge is 0.393 e. The Morgan fingerprint density at radius 2 is 2.00 bits per heavy atom. The van der Waals surface area contributed by atoms with Crippen LogP contribution in [0.4, 0.5) is 0 Å². The molecule has 204 valence electrons. The molecule has 0 aromatic carbocycles. The van der Waals surface area contributed by atoms with Crippen molar-refractivity contribution < 1.29 is 9.90 Å². The minimum Gasteiger partial charge on any atom is -0.393 e. The molecule has 37 heavy (non-hydrogen) atoms. The van der Waals surface area contributed by atoms with Crippen molar-refractivity contribution in [1.29, 1.82) is 0 Å². The zero-order valence-electron chi connectivity index (χ0n) is 23.8. The van der Waals surface area contributed by atoms with Gasteiger partial charge in [0.05, 0.1) is 6.10 Å². The number of allylic oxidation sites excluding steroid dienone is 1. The fraction of sp³-hybridized carbons (Fsp3) is 0.758. The lowest BCUT2D eigenvalue weighted by molar-refractivity contribution is -0.131. The third-order valence-electron chi connectivity index (χ3n) is 11.8. The van der Waals surface area contributed by atoms with Crippen LogP contribution in [-0.2, 0) is 11.2 Å². The number of hydrogen-bond acceptors (Lipinski definition) is 3. The Hall–Kier alpha value is -1.68. The summed E-state index contributed by atoms with van der Waals surface area (Å²) < 4.78 is 0. The van der Waals surface area contributed by atoms with E-state index in [1.165, 1.54) is 38.5 Å². The van der Waals surface area contributed by atoms with Gasteiger partial charge >= 0.3 is 0 Å². The van der Waals surface area contributed by atoms with Crippen molar-refractivity contribution in [2.45, 2.75) is 104 Å². The molecule has 3 fully saturated rings. The van der Waals surface area contributed by atoms with Crippen LogP contribution in [0.2, 0.25) is 0 Å². The molecular formula is C33H50N2O2. The van der Waals surface area contributed by atoms with Crippen LogP contribution < -0.4 is 0 Å². The van der Waals surface area contributed by atoms with Crippen molar-refractivity contribution in [3.63, 3.8) is 0 Å². The number of aliphatic hydroxyl groups is 1. The Morgan fingerprint density at radius 3 is 2.76 bits per heavy atom. The molecule has 0 bridgehead atoms. The van der Waals surface area contributed by atoms with Crippen LogP contribution in [0.25, 0.3) is 0 Å². The molecule has 1 aromatic rings. The molecule has 4 aliphatic rings. The normalized spacial score (nSPS) is 37.6. The molecule has 8 atom stereocenters. The number of aliphatic hydroxyl groups excluding tert-OH is 1. The highest BCUT2D eigenvalue weighted by atomic mass is 16.3. The highest BCUT2D eigenvalue weighted by Crippen LogP contribution is 2.67. The van der Waals surface area contributed by atoms with E-state index < -0.39 is 0 Å². The fourth-order valence-corrected chi connectivity index (χ4v) is 9.58. The number of amides is 1. The van der Waals surface area contributed by atoms with Crippen LogP contribution in [0, 0.1) is 40.4 Å². The molecule has 1 amide bonds. The molecule has 0 spiro atoms. The standard InChI is InChI=1S/C33H50N2O2/c1-5-35(21-17-25-8-6-7-20-34-25)31(37)14-9-23(2)28-12-13-29-27-11-10-24-22-26(36)15-18-32(24,3)30(27)16-19-33(28,29)4/h6-8,10,20,23,26-30,36H,5,9,11-19,21-22H2,1-4H3/t23-,26+,27+,28-,29+,30+,32+,33-/m1/s1. The molecule has 5 rings (SSSR count). The van der Waals surface area contributed by atoms with Crippen LogP contribution >= 0.6 is 0 Å². The lowest BCUT2D eigenvalue weighted by atomic mass is 9.47. The summed E-state index contributed by atoms with van der Waals surface area (Å²) in [6, 6.07) is 6.01. The van der Waals surface area contributed by atoms with Gasteiger partial charge in [-0.3, -0.25) is 9.78 Å². The third kappa shape index (κ3) is 5.04. The predicted octanol–water partition coefficient (Wildman–Crippen LogP) is 6.83. The first-order chi connectivity index (χ1) is 17.8. The molecule has 4 heteroatoms. The maximum atomic E-state index is 13.1. The van der Waals surface area contributed by atoms with Gasteiger partial charge in [0.1, 0.15) is 0 Å². The Kier molecular flexibility index (Phi) is 7.87. The van der Waals surface area contributed by atoms with Gasteiger partial charge in [-0.2, -0.15) is 0 Å². The molecule has 4 aliphatic carbocycles. The van der Waals surface area contributed by atoms with E-state index in [2.05, 4.69) is 38.8 Å². The Bertz CT molecular complexity index is 976. The average Bonchev–Trinajstić information content (AvgIpc) is 3.26. The van der Waals surface area contributed by atoms with E-state index in [4.69, 9.17) is 0 Å². The monoisotopic (exact) mass is 506 g/mol. The number of hydrogen-bond donors (Lipinski definition) is 1. The molecule has 0 saturated heterocycles. The van der Waals surface area contributed by atoms with Gasteiger partial charge in [-0.1, -0.05) is 38.5 Å². The maximum absolute atomic E-state index is 13.1. The number of pyridine rings is 1. The first kappa shape index (κ1) is 26.9. The van der Waals surface area contributed by atoms with Crippen molar-refractivity contribution >= 4 is 5.91 Å². The van der Waals surface area contributed by atoms with E-state index in [0.29, 0.717) is 29.1 Å². The lowest BCUT2D eigenvalue weighted by Crippen LogP contribution is -2.50. The van der Waals surface area contributed by atoms with E-state index in [-0.39, 0.29) is 6.10 Å². The van der Waals surface area contributed by atoms with Crippen molar-refractivity contribution in [2.75, 3.05) is 13.1 Å². The van der Waals surface area contributed by atoms with Gasteiger partial charge in [0, 0.05) is 37.8 Å². The summed E-state index contributed by atoms with van der Waals surface area (Å²) in [5.41, 5.74) is 3.37. The quantitative estimate of drug-likeness (QED) is 0.393. The molecule has 0 aliphatic heterocycles. The van der Waals surface area contributed by atoms with Gasteiger partial charge in [0.2, 0.25) is 5.91 Å². The summed E-state index contributed by atoms with van der Waals surface area (Å²) in [6.07, 6.45) is 16.5. The fourth-order valence-electron chi connectivity index (χ4n) is 9.58. The van der Waals surface area contributed by atoms with Crippen LogP contribution in [-0.4, -0.2) is 40.1 Å². The summed E-state index contributed by atoms with van der Waals surface area (Å²) in [6.45, 7) is 11.2. The Labute approximate surface area is 225 Å². The minimum absolute atomic E-state index is 0.122. The minimum atomic E-state index is -0.122. The average molecular weight is 507 g/mol. The summed E-state index contributed by atoms with van der Waals surface area (Å²) in [5, 5.41) is 10.3. The van der Waals surface area contributed by atoms with Crippen LogP contribution in [0.5, 0.6) is 0 Å². The van der Waals surface area contributed by atoms with E-state index in [1.807, 2.05) is 29.3 Å². The maximum Gasteiger partial charge on any atom is 0.222 e. The number of aromatic nitrogens is 1. The van der Waals surface area contributed by atoms with Gasteiger partial charge in [0.25, 0.3) is 0 Å². The van der Waals surface area contributed by atoms with Gasteiger partial charge in [-0.05, 0) is 117 Å². The highest BCUT2D eigenvalue weighted by Gasteiger charge is 2.59. The third-order valence-corrected chi connectivity index (χ3v) is 11.8. The Balaban J connectivity index is 1.19. The second kappa shape index (κ2) is 10.8. The summed E-state index contributed by atoms with van der Waals surface area (Å²) in [7, 11) is 0. The molecule has 1 aromatic heterocycles. The zero-order valence-corrected chi connectivity index (χ0v) is 23.8. The SMILES string of the molecule is CCN(CCc1ccccn1)C(=O)CC[C@@H](C)[C@H]1CC[C@H]2[C@@H]3CC=C4C[C@@H](O)CC[C@]4(C)[C@H]3CC[C@]12C. The van der Waals surface area contributed by atoms with E-state index in [1.54, 1.807) is 5.57 Å². The number of carbonyl (C=O) groups excluding carboxylic acids is 1. The predicted molar refractivity (Wildman–Crippen MR) is 150 cm³/mol. The van der Waals surface area contributed by atoms with Crippen molar-refractivity contribution in [1.82, 2.24) is 9.88 Å². The van der Waals surface area contributed by atoms with Crippen molar-refractivity contribution in [2.24, 2.45) is 40.4 Å². The first-order valence-corrected chi connectivity index (χ1v) is 15.3. The van der Waals surface area contributed by atoms with Crippen molar-refractivity contribution in [3.05, 3.63) is 41.7 Å². The zero-order chi connectivity index (χ0) is 26.2. The number of fused-ring (bicyclic) bond motifs is 5. The summed E-state index contributed by atoms with van der Waals surface area (Å²) in [4.78, 5) is 19.6. The summed E-state index contributed by atoms with van der Waals surface area (Å²) in [5.74, 6) is 4.07. The van der Waals surface area contributed by atoms with Crippen LogP contribution in [0.1, 0.15) is 97.6 Å². The number of carbonyl (C=O) groups is 1. The summed E-state index contributed by atoms with van der Waals surface area (Å²) >= 11 is 0. The second-order valence-corrected chi connectivity index (χ2v) is 13.4. The van der Waals surface area contributed by atoms with Gasteiger partial charge < -0.3 is 10.0 Å². The van der Waals surface area contributed by atoms with E-state index in [9.17, 15) is 9.90 Å². The Morgan fingerprint density at radius 1 is 1.16 bits per heavy atom. The molecule has 4 nitrogen and oxygen atoms in total. The van der Waals surface area contributed by atoms with Gasteiger partial charge in [-0.15, -0.1) is 0 Å². The van der Waals surface area contributed by atoms with Crippen molar-refractivity contribution in [3.8, 4) is 0 Å². The highest BCUT2D eigenvalue weighted by molar-refractivity contribution is 5.76.